The molecule has 0 aromatic carbocycles. The predicted molar refractivity (Wildman–Crippen MR) is 55.1 cm³/mol. The van der Waals surface area contributed by atoms with Crippen LogP contribution < -0.4 is 0 Å². The van der Waals surface area contributed by atoms with Crippen molar-refractivity contribution in [3.63, 3.8) is 0 Å². The highest BCUT2D eigenvalue weighted by Gasteiger charge is 2.35. The summed E-state index contributed by atoms with van der Waals surface area (Å²) >= 11 is 0. The highest BCUT2D eigenvalue weighted by atomic mass is 16.3. The van der Waals surface area contributed by atoms with Crippen molar-refractivity contribution in [2.24, 2.45) is 5.92 Å². The van der Waals surface area contributed by atoms with Crippen LogP contribution in [0.4, 0.5) is 0 Å². The molecule has 0 spiro atoms. The number of hydrogen-bond donors (Lipinski definition) is 2. The van der Waals surface area contributed by atoms with Crippen molar-refractivity contribution in [2.45, 2.75) is 37.7 Å². The van der Waals surface area contributed by atoms with E-state index < -0.39 is 5.60 Å². The van der Waals surface area contributed by atoms with Gasteiger partial charge in [0.25, 0.3) is 0 Å². The molecule has 1 aliphatic carbocycles. The van der Waals surface area contributed by atoms with Crippen molar-refractivity contribution in [3.05, 3.63) is 0 Å². The number of rotatable bonds is 3. The average Bonchev–Trinajstić information content (AvgIpc) is 2.75. The molecule has 3 heteroatoms. The van der Waals surface area contributed by atoms with Crippen LogP contribution >= 0.6 is 0 Å². The monoisotopic (exact) mass is 199 g/mol. The van der Waals surface area contributed by atoms with E-state index in [0.29, 0.717) is 12.5 Å². The maximum atomic E-state index is 10.2. The molecule has 0 bridgehead atoms. The van der Waals surface area contributed by atoms with Crippen LogP contribution in [0.3, 0.4) is 0 Å². The summed E-state index contributed by atoms with van der Waals surface area (Å²) < 4.78 is 0. The molecule has 1 unspecified atom stereocenters. The summed E-state index contributed by atoms with van der Waals surface area (Å²) in [6.45, 7) is 3.14. The standard InChI is InChI=1S/C11H21NO2/c13-8-10-3-6-12(7-10)9-11(14)4-1-2-5-11/h10,13-14H,1-9H2. The second-order valence-corrected chi connectivity index (χ2v) is 5.00. The first-order chi connectivity index (χ1) is 6.72. The minimum Gasteiger partial charge on any atom is -0.396 e. The van der Waals surface area contributed by atoms with E-state index in [0.717, 1.165) is 38.9 Å². The molecule has 0 amide bonds. The van der Waals surface area contributed by atoms with E-state index in [1.54, 1.807) is 0 Å². The van der Waals surface area contributed by atoms with Gasteiger partial charge >= 0.3 is 0 Å². The maximum Gasteiger partial charge on any atom is 0.0774 e. The summed E-state index contributed by atoms with van der Waals surface area (Å²) in [7, 11) is 0. The molecule has 1 saturated heterocycles. The van der Waals surface area contributed by atoms with Crippen LogP contribution in [-0.4, -0.2) is 47.0 Å². The van der Waals surface area contributed by atoms with Gasteiger partial charge in [-0.3, -0.25) is 0 Å². The van der Waals surface area contributed by atoms with Gasteiger partial charge in [0.05, 0.1) is 5.60 Å². The van der Waals surface area contributed by atoms with Crippen LogP contribution in [0.2, 0.25) is 0 Å². The van der Waals surface area contributed by atoms with Gasteiger partial charge in [-0.1, -0.05) is 12.8 Å². The molecule has 1 saturated carbocycles. The van der Waals surface area contributed by atoms with Crippen molar-refractivity contribution in [1.29, 1.82) is 0 Å². The molecular weight excluding hydrogens is 178 g/mol. The Morgan fingerprint density at radius 1 is 1.29 bits per heavy atom. The summed E-state index contributed by atoms with van der Waals surface area (Å²) in [6.07, 6.45) is 5.37. The topological polar surface area (TPSA) is 43.7 Å². The van der Waals surface area contributed by atoms with E-state index in [1.165, 1.54) is 12.8 Å². The van der Waals surface area contributed by atoms with Gasteiger partial charge in [-0.2, -0.15) is 0 Å². The fraction of sp³-hybridized carbons (Fsp3) is 1.00. The molecule has 2 N–H and O–H groups in total. The Bertz CT molecular complexity index is 190. The zero-order valence-electron chi connectivity index (χ0n) is 8.78. The number of β-amino-alcohol motifs (C(OH)–C–C–N with tert-alkyl or cyclic N) is 1. The highest BCUT2D eigenvalue weighted by molar-refractivity contribution is 4.89. The number of aliphatic hydroxyl groups excluding tert-OH is 1. The van der Waals surface area contributed by atoms with Crippen LogP contribution in [0.25, 0.3) is 0 Å². The summed E-state index contributed by atoms with van der Waals surface area (Å²) in [5.41, 5.74) is -0.412. The lowest BCUT2D eigenvalue weighted by Crippen LogP contribution is -2.40. The van der Waals surface area contributed by atoms with Crippen molar-refractivity contribution >= 4 is 0 Å². The molecule has 1 atom stereocenters. The number of hydrogen-bond acceptors (Lipinski definition) is 3. The molecule has 0 radical (unpaired) electrons. The molecule has 2 rings (SSSR count). The molecule has 0 aromatic heterocycles. The Labute approximate surface area is 85.7 Å². The van der Waals surface area contributed by atoms with Crippen LogP contribution in [0.1, 0.15) is 32.1 Å². The first-order valence-electron chi connectivity index (χ1n) is 5.77. The largest absolute Gasteiger partial charge is 0.396 e. The fourth-order valence-corrected chi connectivity index (χ4v) is 2.81. The summed E-state index contributed by atoms with van der Waals surface area (Å²) in [5.74, 6) is 0.444. The average molecular weight is 199 g/mol. The van der Waals surface area contributed by atoms with Gasteiger partial charge < -0.3 is 15.1 Å². The van der Waals surface area contributed by atoms with Crippen LogP contribution in [0.15, 0.2) is 0 Å². The molecule has 82 valence electrons. The molecule has 1 heterocycles. The zero-order valence-corrected chi connectivity index (χ0v) is 8.78. The number of likely N-dealkylation sites (tertiary alicyclic amines) is 1. The second-order valence-electron chi connectivity index (χ2n) is 5.00. The SMILES string of the molecule is OCC1CCN(CC2(O)CCCC2)C1. The van der Waals surface area contributed by atoms with E-state index in [-0.39, 0.29) is 0 Å². The number of nitrogens with zero attached hydrogens (tertiary/aromatic N) is 1. The molecule has 2 fully saturated rings. The van der Waals surface area contributed by atoms with Crippen molar-refractivity contribution < 1.29 is 10.2 Å². The van der Waals surface area contributed by atoms with Gasteiger partial charge in [0, 0.05) is 19.7 Å². The van der Waals surface area contributed by atoms with E-state index >= 15 is 0 Å². The van der Waals surface area contributed by atoms with E-state index in [1.807, 2.05) is 0 Å². The van der Waals surface area contributed by atoms with Crippen molar-refractivity contribution in [2.75, 3.05) is 26.2 Å². The fourth-order valence-electron chi connectivity index (χ4n) is 2.81. The Morgan fingerprint density at radius 2 is 2.00 bits per heavy atom. The normalized spacial score (nSPS) is 32.6. The van der Waals surface area contributed by atoms with Gasteiger partial charge in [-0.15, -0.1) is 0 Å². The molecular formula is C11H21NO2. The van der Waals surface area contributed by atoms with Crippen molar-refractivity contribution in [3.8, 4) is 0 Å². The third kappa shape index (κ3) is 2.27. The van der Waals surface area contributed by atoms with E-state index in [4.69, 9.17) is 5.11 Å². The van der Waals surface area contributed by atoms with Crippen molar-refractivity contribution in [1.82, 2.24) is 4.90 Å². The lowest BCUT2D eigenvalue weighted by Gasteiger charge is -2.28. The highest BCUT2D eigenvalue weighted by Crippen LogP contribution is 2.31. The Kier molecular flexibility index (Phi) is 3.10. The van der Waals surface area contributed by atoms with E-state index in [2.05, 4.69) is 4.90 Å². The summed E-state index contributed by atoms with van der Waals surface area (Å²) in [6, 6.07) is 0. The lowest BCUT2D eigenvalue weighted by molar-refractivity contribution is 0.0142. The quantitative estimate of drug-likeness (QED) is 0.700. The minimum absolute atomic E-state index is 0.301. The van der Waals surface area contributed by atoms with Gasteiger partial charge in [-0.05, 0) is 31.7 Å². The molecule has 2 aliphatic rings. The summed E-state index contributed by atoms with van der Waals surface area (Å²) in [4.78, 5) is 2.31. The number of aliphatic hydroxyl groups is 2. The third-order valence-electron chi connectivity index (χ3n) is 3.68. The Hall–Kier alpha value is -0.120. The van der Waals surface area contributed by atoms with Gasteiger partial charge in [0.2, 0.25) is 0 Å². The third-order valence-corrected chi connectivity index (χ3v) is 3.68. The molecule has 1 aliphatic heterocycles. The zero-order chi connectivity index (χ0) is 10.0. The second kappa shape index (κ2) is 4.17. The van der Waals surface area contributed by atoms with Crippen LogP contribution in [-0.2, 0) is 0 Å². The molecule has 0 aromatic rings. The first kappa shape index (κ1) is 10.4. The van der Waals surface area contributed by atoms with E-state index in [9.17, 15) is 5.11 Å². The summed E-state index contributed by atoms with van der Waals surface area (Å²) in [5, 5.41) is 19.2. The molecule has 3 nitrogen and oxygen atoms in total. The lowest BCUT2D eigenvalue weighted by atomic mass is 10.0. The van der Waals surface area contributed by atoms with Crippen LogP contribution in [0, 0.1) is 5.92 Å². The Morgan fingerprint density at radius 3 is 2.57 bits per heavy atom. The van der Waals surface area contributed by atoms with Gasteiger partial charge in [-0.25, -0.2) is 0 Å². The predicted octanol–water partition coefficient (Wildman–Crippen LogP) is 0.606. The van der Waals surface area contributed by atoms with Gasteiger partial charge in [0.1, 0.15) is 0 Å². The smallest absolute Gasteiger partial charge is 0.0774 e. The van der Waals surface area contributed by atoms with Gasteiger partial charge in [0.15, 0.2) is 0 Å². The van der Waals surface area contributed by atoms with Crippen LogP contribution in [0.5, 0.6) is 0 Å². The minimum atomic E-state index is -0.412. The maximum absolute atomic E-state index is 10.2. The Balaban J connectivity index is 1.80. The first-order valence-corrected chi connectivity index (χ1v) is 5.77. The molecule has 14 heavy (non-hydrogen) atoms.